The molecule has 1 aromatic heterocycles. The molecule has 3 aromatic carbocycles. The number of nitrogens with two attached hydrogens (primary N) is 1. The molecular weight excluding hydrogens is 546 g/mol. The Morgan fingerprint density at radius 3 is 2.24 bits per heavy atom. The Morgan fingerprint density at radius 1 is 0.921 bits per heavy atom. The Labute approximate surface area is 218 Å². The number of halogens is 3. The second-order valence-electron chi connectivity index (χ2n) is 8.83. The van der Waals surface area contributed by atoms with Gasteiger partial charge in [-0.2, -0.15) is 13.2 Å². The maximum atomic E-state index is 13.2. The minimum absolute atomic E-state index is 0.144. The standard InChI is InChI=1S/C25H23F3NO7PS/c26-25(27,28)16-2-4-17(5-3-16)36-18-6-7-19-22(12-18)38-21-8-1-15(11-20(21)23(19)31)9-10-24(29,13-30)14-35-37(32,33)34/h1-8,11-12,30H,9-10,13-14,29H2,(H2,32,33,34). The lowest BCUT2D eigenvalue weighted by molar-refractivity contribution is -0.137. The summed E-state index contributed by atoms with van der Waals surface area (Å²) in [7, 11) is -4.75. The maximum Gasteiger partial charge on any atom is 0.469 e. The fraction of sp³-hybridized carbons (Fsp3) is 0.240. The Hall–Kier alpha value is -2.83. The van der Waals surface area contributed by atoms with Crippen LogP contribution >= 0.6 is 19.2 Å². The van der Waals surface area contributed by atoms with Crippen LogP contribution in [0, 0.1) is 0 Å². The highest BCUT2D eigenvalue weighted by Crippen LogP contribution is 2.37. The highest BCUT2D eigenvalue weighted by molar-refractivity contribution is 7.46. The predicted molar refractivity (Wildman–Crippen MR) is 137 cm³/mol. The van der Waals surface area contributed by atoms with Gasteiger partial charge in [0.2, 0.25) is 0 Å². The van der Waals surface area contributed by atoms with Gasteiger partial charge in [-0.05, 0) is 73.0 Å². The SMILES string of the molecule is NC(CO)(CCc1ccc2sc3cc(Oc4ccc(C(F)(F)F)cc4)ccc3c(=O)c2c1)COP(=O)(O)O. The molecule has 0 fully saturated rings. The van der Waals surface area contributed by atoms with Gasteiger partial charge in [0.15, 0.2) is 5.43 Å². The van der Waals surface area contributed by atoms with Crippen LogP contribution in [0.5, 0.6) is 11.5 Å². The summed E-state index contributed by atoms with van der Waals surface area (Å²) in [5.41, 5.74) is 4.38. The van der Waals surface area contributed by atoms with Gasteiger partial charge in [0.1, 0.15) is 11.5 Å². The monoisotopic (exact) mass is 569 g/mol. The van der Waals surface area contributed by atoms with E-state index in [1.54, 1.807) is 36.4 Å². The van der Waals surface area contributed by atoms with Crippen molar-refractivity contribution in [3.8, 4) is 11.5 Å². The molecule has 0 saturated carbocycles. The van der Waals surface area contributed by atoms with Gasteiger partial charge >= 0.3 is 14.0 Å². The van der Waals surface area contributed by atoms with E-state index in [0.29, 0.717) is 32.3 Å². The van der Waals surface area contributed by atoms with Crippen molar-refractivity contribution >= 4 is 39.3 Å². The smallest absolute Gasteiger partial charge is 0.457 e. The third kappa shape index (κ3) is 6.78. The molecule has 0 aliphatic heterocycles. The number of aryl methyl sites for hydroxylation is 1. The Bertz CT molecular complexity index is 1570. The van der Waals surface area contributed by atoms with E-state index in [1.165, 1.54) is 23.5 Å². The second-order valence-corrected chi connectivity index (χ2v) is 11.2. The van der Waals surface area contributed by atoms with Crippen molar-refractivity contribution in [1.82, 2.24) is 0 Å². The van der Waals surface area contributed by atoms with Gasteiger partial charge in [-0.25, -0.2) is 4.57 Å². The minimum Gasteiger partial charge on any atom is -0.457 e. The molecule has 4 aromatic rings. The predicted octanol–water partition coefficient (Wildman–Crippen LogP) is 4.96. The van der Waals surface area contributed by atoms with Crippen LogP contribution < -0.4 is 15.9 Å². The average Bonchev–Trinajstić information content (AvgIpc) is 2.86. The zero-order valence-electron chi connectivity index (χ0n) is 19.6. The molecule has 5 N–H and O–H groups in total. The van der Waals surface area contributed by atoms with Gasteiger partial charge in [-0.1, -0.05) is 6.07 Å². The summed E-state index contributed by atoms with van der Waals surface area (Å²) in [6.07, 6.45) is -3.98. The van der Waals surface area contributed by atoms with Crippen LogP contribution in [0.2, 0.25) is 0 Å². The molecule has 0 aliphatic rings. The summed E-state index contributed by atoms with van der Waals surface area (Å²) in [6, 6.07) is 14.4. The molecule has 0 aliphatic carbocycles. The van der Waals surface area contributed by atoms with E-state index >= 15 is 0 Å². The van der Waals surface area contributed by atoms with Crippen molar-refractivity contribution in [2.45, 2.75) is 24.6 Å². The zero-order valence-corrected chi connectivity index (χ0v) is 21.4. The van der Waals surface area contributed by atoms with E-state index in [4.69, 9.17) is 20.3 Å². The number of phosphoric ester groups is 1. The molecule has 0 saturated heterocycles. The lowest BCUT2D eigenvalue weighted by Crippen LogP contribution is -2.48. The van der Waals surface area contributed by atoms with Crippen LogP contribution in [0.3, 0.4) is 0 Å². The molecule has 8 nitrogen and oxygen atoms in total. The fourth-order valence-corrected chi connectivity index (χ4v) is 5.26. The van der Waals surface area contributed by atoms with E-state index in [2.05, 4.69) is 4.52 Å². The summed E-state index contributed by atoms with van der Waals surface area (Å²) >= 11 is 1.34. The van der Waals surface area contributed by atoms with E-state index < -0.39 is 38.3 Å². The molecule has 13 heteroatoms. The molecule has 1 unspecified atom stereocenters. The van der Waals surface area contributed by atoms with Gasteiger partial charge < -0.3 is 25.4 Å². The Balaban J connectivity index is 1.55. The summed E-state index contributed by atoms with van der Waals surface area (Å²) in [4.78, 5) is 31.0. The number of ether oxygens (including phenoxy) is 1. The Morgan fingerprint density at radius 2 is 1.61 bits per heavy atom. The normalized spacial score (nSPS) is 14.1. The van der Waals surface area contributed by atoms with Crippen LogP contribution in [0.25, 0.3) is 20.2 Å². The summed E-state index contributed by atoms with van der Waals surface area (Å²) in [5.74, 6) is 0.588. The first-order chi connectivity index (χ1) is 17.8. The van der Waals surface area contributed by atoms with Crippen LogP contribution in [0.1, 0.15) is 17.5 Å². The summed E-state index contributed by atoms with van der Waals surface area (Å²) < 4.78 is 60.8. The number of benzene rings is 3. The molecule has 0 bridgehead atoms. The van der Waals surface area contributed by atoms with Crippen LogP contribution in [-0.2, 0) is 21.7 Å². The zero-order chi connectivity index (χ0) is 27.7. The van der Waals surface area contributed by atoms with Crippen molar-refractivity contribution < 1.29 is 41.9 Å². The number of aliphatic hydroxyl groups is 1. The number of aliphatic hydroxyl groups excluding tert-OH is 1. The van der Waals surface area contributed by atoms with E-state index in [1.807, 2.05) is 0 Å². The van der Waals surface area contributed by atoms with Gasteiger partial charge in [0, 0.05) is 20.2 Å². The number of phosphoric acid groups is 1. The van der Waals surface area contributed by atoms with Crippen LogP contribution in [0.4, 0.5) is 13.2 Å². The van der Waals surface area contributed by atoms with Gasteiger partial charge in [-0.3, -0.25) is 9.32 Å². The van der Waals surface area contributed by atoms with Crippen molar-refractivity contribution in [1.29, 1.82) is 0 Å². The number of hydrogen-bond acceptors (Lipinski definition) is 7. The molecule has 38 heavy (non-hydrogen) atoms. The van der Waals surface area contributed by atoms with Crippen LogP contribution in [-0.4, -0.2) is 33.6 Å². The first-order valence-electron chi connectivity index (χ1n) is 11.2. The maximum absolute atomic E-state index is 13.2. The molecule has 0 amide bonds. The molecule has 202 valence electrons. The first kappa shape index (κ1) is 28.2. The third-order valence-electron chi connectivity index (χ3n) is 5.87. The topological polar surface area (TPSA) is 139 Å². The van der Waals surface area contributed by atoms with Crippen LogP contribution in [0.15, 0.2) is 65.5 Å². The van der Waals surface area contributed by atoms with E-state index in [0.717, 1.165) is 17.7 Å². The van der Waals surface area contributed by atoms with Crippen molar-refractivity contribution in [2.75, 3.05) is 13.2 Å². The lowest BCUT2D eigenvalue weighted by Gasteiger charge is -2.27. The molecule has 0 spiro atoms. The quantitative estimate of drug-likeness (QED) is 0.164. The highest BCUT2D eigenvalue weighted by atomic mass is 32.1. The van der Waals surface area contributed by atoms with Crippen molar-refractivity contribution in [3.05, 3.63) is 82.0 Å². The molecule has 1 heterocycles. The number of hydrogen-bond donors (Lipinski definition) is 4. The van der Waals surface area contributed by atoms with Gasteiger partial charge in [-0.15, -0.1) is 11.3 Å². The summed E-state index contributed by atoms with van der Waals surface area (Å²) in [5, 5.41) is 10.5. The van der Waals surface area contributed by atoms with Gasteiger partial charge in [0.05, 0.1) is 24.3 Å². The van der Waals surface area contributed by atoms with E-state index in [9.17, 15) is 27.6 Å². The number of rotatable bonds is 9. The average molecular weight is 569 g/mol. The molecule has 0 radical (unpaired) electrons. The van der Waals surface area contributed by atoms with Crippen molar-refractivity contribution in [3.63, 3.8) is 0 Å². The summed E-state index contributed by atoms with van der Waals surface area (Å²) in [6.45, 7) is -1.10. The van der Waals surface area contributed by atoms with Gasteiger partial charge in [0.25, 0.3) is 0 Å². The minimum atomic E-state index is -4.75. The number of fused-ring (bicyclic) bond motifs is 2. The fourth-order valence-electron chi connectivity index (χ4n) is 3.75. The first-order valence-corrected chi connectivity index (χ1v) is 13.6. The molecular formula is C25H23F3NO7PS. The largest absolute Gasteiger partial charge is 0.469 e. The lowest BCUT2D eigenvalue weighted by atomic mass is 9.93. The third-order valence-corrected chi connectivity index (χ3v) is 7.47. The van der Waals surface area contributed by atoms with Crippen molar-refractivity contribution in [2.24, 2.45) is 5.73 Å². The molecule has 1 atom stereocenters. The number of alkyl halides is 3. The second kappa shape index (κ2) is 10.7. The molecule has 4 rings (SSSR count). The van der Waals surface area contributed by atoms with E-state index in [-0.39, 0.29) is 17.6 Å². The Kier molecular flexibility index (Phi) is 7.96. The highest BCUT2D eigenvalue weighted by Gasteiger charge is 2.30.